The summed E-state index contributed by atoms with van der Waals surface area (Å²) in [5.74, 6) is 1.28. The van der Waals surface area contributed by atoms with Gasteiger partial charge in [0.2, 0.25) is 0 Å². The number of hydrogen-bond acceptors (Lipinski definition) is 6. The Kier molecular flexibility index (Phi) is 11.1. The lowest BCUT2D eigenvalue weighted by Crippen LogP contribution is -2.26. The molecule has 0 saturated carbocycles. The van der Waals surface area contributed by atoms with Gasteiger partial charge in [-0.3, -0.25) is 19.9 Å². The molecule has 3 rings (SSSR count). The Hall–Kier alpha value is -2.67. The van der Waals surface area contributed by atoms with Gasteiger partial charge in [-0.15, -0.1) is 0 Å². The van der Waals surface area contributed by atoms with Gasteiger partial charge in [0.15, 0.2) is 0 Å². The van der Waals surface area contributed by atoms with E-state index in [1.54, 1.807) is 12.3 Å². The molecule has 2 heterocycles. The molecule has 2 aromatic rings. The van der Waals surface area contributed by atoms with Gasteiger partial charge in [0.05, 0.1) is 23.0 Å². The molecule has 1 aliphatic rings. The molecule has 0 spiro atoms. The summed E-state index contributed by atoms with van der Waals surface area (Å²) < 4.78 is 0. The predicted molar refractivity (Wildman–Crippen MR) is 139 cm³/mol. The van der Waals surface area contributed by atoms with Crippen molar-refractivity contribution in [1.82, 2.24) is 15.3 Å². The minimum atomic E-state index is -0.352. The Morgan fingerprint density at radius 2 is 1.94 bits per heavy atom. The van der Waals surface area contributed by atoms with Crippen molar-refractivity contribution in [1.29, 1.82) is 0 Å². The molecule has 33 heavy (non-hydrogen) atoms. The maximum atomic E-state index is 11.8. The van der Waals surface area contributed by atoms with Crippen molar-refractivity contribution < 1.29 is 9.59 Å². The minimum absolute atomic E-state index is 0.338. The molecule has 1 aliphatic heterocycles. The zero-order valence-corrected chi connectivity index (χ0v) is 21.2. The van der Waals surface area contributed by atoms with Crippen LogP contribution in [0.25, 0.3) is 17.3 Å². The highest BCUT2D eigenvalue weighted by atomic mass is 32.2. The molecule has 1 atom stereocenters. The third kappa shape index (κ3) is 8.00. The Bertz CT molecular complexity index is 961. The van der Waals surface area contributed by atoms with Crippen LogP contribution in [0, 0.1) is 5.92 Å². The fraction of sp³-hybridized carbons (Fsp3) is 0.462. The van der Waals surface area contributed by atoms with E-state index in [4.69, 9.17) is 4.98 Å². The number of benzene rings is 1. The number of imide groups is 1. The fourth-order valence-corrected chi connectivity index (χ4v) is 4.14. The number of aromatic nitrogens is 2. The summed E-state index contributed by atoms with van der Waals surface area (Å²) in [5.41, 5.74) is 2.56. The number of rotatable bonds is 10. The smallest absolute Gasteiger partial charge is 0.290 e. The highest BCUT2D eigenvalue weighted by Crippen LogP contribution is 2.27. The molecule has 6 nitrogen and oxygen atoms in total. The lowest BCUT2D eigenvalue weighted by Gasteiger charge is -2.24. The molecule has 1 aromatic carbocycles. The third-order valence-corrected chi connectivity index (χ3v) is 6.19. The Labute approximate surface area is 202 Å². The summed E-state index contributed by atoms with van der Waals surface area (Å²) in [7, 11) is 0. The van der Waals surface area contributed by atoms with E-state index in [0.29, 0.717) is 4.91 Å². The maximum absolute atomic E-state index is 11.8. The van der Waals surface area contributed by atoms with Crippen LogP contribution >= 0.6 is 11.8 Å². The van der Waals surface area contributed by atoms with Crippen molar-refractivity contribution in [2.75, 3.05) is 18.0 Å². The first-order valence-electron chi connectivity index (χ1n) is 11.9. The van der Waals surface area contributed by atoms with E-state index < -0.39 is 0 Å². The number of carbonyl (C=O) groups is 2. The number of amides is 2. The molecule has 1 N–H and O–H groups in total. The van der Waals surface area contributed by atoms with E-state index in [1.165, 1.54) is 12.8 Å². The first-order chi connectivity index (χ1) is 16.0. The lowest BCUT2D eigenvalue weighted by molar-refractivity contribution is -0.115. The Morgan fingerprint density at radius 3 is 2.61 bits per heavy atom. The van der Waals surface area contributed by atoms with Crippen LogP contribution in [-0.4, -0.2) is 34.2 Å². The van der Waals surface area contributed by atoms with Crippen LogP contribution in [0.1, 0.15) is 65.9 Å². The van der Waals surface area contributed by atoms with Crippen molar-refractivity contribution in [2.24, 2.45) is 5.92 Å². The fourth-order valence-electron chi connectivity index (χ4n) is 3.45. The second-order valence-electron chi connectivity index (χ2n) is 7.88. The van der Waals surface area contributed by atoms with E-state index >= 15 is 0 Å². The average Bonchev–Trinajstić information content (AvgIpc) is 3.16. The van der Waals surface area contributed by atoms with Crippen molar-refractivity contribution in [3.05, 3.63) is 47.1 Å². The molecular formula is C26H36N4O2S. The summed E-state index contributed by atoms with van der Waals surface area (Å²) in [5, 5.41) is 1.94. The molecule has 1 unspecified atom stereocenters. The number of carbonyl (C=O) groups excluding carboxylic acids is 2. The number of anilines is 1. The Balaban J connectivity index is 0.00000187. The molecule has 2 amide bonds. The number of nitrogens with zero attached hydrogens (tertiary/aromatic N) is 3. The van der Waals surface area contributed by atoms with Gasteiger partial charge >= 0.3 is 0 Å². The van der Waals surface area contributed by atoms with Crippen molar-refractivity contribution >= 4 is 34.8 Å². The van der Waals surface area contributed by atoms with Crippen molar-refractivity contribution in [3.8, 4) is 11.3 Å². The highest BCUT2D eigenvalue weighted by Gasteiger charge is 2.24. The molecule has 1 aromatic heterocycles. The summed E-state index contributed by atoms with van der Waals surface area (Å²) in [6, 6.07) is 7.77. The summed E-state index contributed by atoms with van der Waals surface area (Å²) >= 11 is 0.920. The molecule has 0 aliphatic carbocycles. The molecular weight excluding hydrogens is 432 g/mol. The molecule has 1 saturated heterocycles. The van der Waals surface area contributed by atoms with Gasteiger partial charge in [-0.2, -0.15) is 0 Å². The van der Waals surface area contributed by atoms with Crippen molar-refractivity contribution in [2.45, 2.75) is 60.3 Å². The minimum Gasteiger partial charge on any atom is -0.355 e. The van der Waals surface area contributed by atoms with E-state index in [1.807, 2.05) is 44.3 Å². The zero-order valence-electron chi connectivity index (χ0n) is 20.4. The van der Waals surface area contributed by atoms with E-state index in [-0.39, 0.29) is 11.1 Å². The van der Waals surface area contributed by atoms with Crippen LogP contribution in [0.2, 0.25) is 0 Å². The van der Waals surface area contributed by atoms with Crippen LogP contribution < -0.4 is 10.2 Å². The summed E-state index contributed by atoms with van der Waals surface area (Å²) in [4.78, 5) is 35.3. The van der Waals surface area contributed by atoms with Gasteiger partial charge < -0.3 is 4.90 Å². The van der Waals surface area contributed by atoms with Crippen LogP contribution in [-0.2, 0) is 4.79 Å². The lowest BCUT2D eigenvalue weighted by atomic mass is 10.0. The molecule has 178 valence electrons. The largest absolute Gasteiger partial charge is 0.355 e. The van der Waals surface area contributed by atoms with Crippen molar-refractivity contribution in [3.63, 3.8) is 0 Å². The molecule has 0 radical (unpaired) electrons. The number of thioether (sulfide) groups is 1. The standard InChI is InChI=1S/C24H30N4O2S.C2H6/c1-4-11-28(12-7-8-17(3)5-2)22-16-25-15-20(26-22)19-10-6-9-18(13-19)14-21-23(29)27-24(30)31-21;1-2/h6,9-10,13-17H,4-5,7-8,11-12H2,1-3H3,(H,27,29,30);1-2H3/b21-14-;. The van der Waals surface area contributed by atoms with Crippen LogP contribution in [0.5, 0.6) is 0 Å². The van der Waals surface area contributed by atoms with Crippen LogP contribution in [0.15, 0.2) is 41.6 Å². The average molecular weight is 469 g/mol. The molecule has 0 bridgehead atoms. The van der Waals surface area contributed by atoms with Gasteiger partial charge in [0.1, 0.15) is 5.82 Å². The second-order valence-corrected chi connectivity index (χ2v) is 8.90. The summed E-state index contributed by atoms with van der Waals surface area (Å²) in [6.45, 7) is 12.6. The number of nitrogens with one attached hydrogen (secondary N) is 1. The van der Waals surface area contributed by atoms with Gasteiger partial charge in [-0.25, -0.2) is 4.98 Å². The van der Waals surface area contributed by atoms with Gasteiger partial charge in [-0.05, 0) is 54.6 Å². The first-order valence-corrected chi connectivity index (χ1v) is 12.7. The predicted octanol–water partition coefficient (Wildman–Crippen LogP) is 6.54. The Morgan fingerprint density at radius 1 is 1.15 bits per heavy atom. The summed E-state index contributed by atoms with van der Waals surface area (Å²) in [6.07, 6.45) is 9.95. The van der Waals surface area contributed by atoms with Gasteiger partial charge in [0, 0.05) is 18.7 Å². The first kappa shape index (κ1) is 26.6. The van der Waals surface area contributed by atoms with Gasteiger partial charge in [0.25, 0.3) is 11.1 Å². The molecule has 1 fully saturated rings. The van der Waals surface area contributed by atoms with E-state index in [2.05, 4.69) is 36.0 Å². The normalized spacial score (nSPS) is 15.1. The van der Waals surface area contributed by atoms with Crippen LogP contribution in [0.3, 0.4) is 0 Å². The van der Waals surface area contributed by atoms with E-state index in [9.17, 15) is 9.59 Å². The van der Waals surface area contributed by atoms with E-state index in [0.717, 1.165) is 66.2 Å². The van der Waals surface area contributed by atoms with Gasteiger partial charge in [-0.1, -0.05) is 59.2 Å². The maximum Gasteiger partial charge on any atom is 0.290 e. The zero-order chi connectivity index (χ0) is 24.2. The quantitative estimate of drug-likeness (QED) is 0.399. The molecule has 7 heteroatoms. The number of hydrogen-bond donors (Lipinski definition) is 1. The third-order valence-electron chi connectivity index (χ3n) is 5.38. The SMILES string of the molecule is CC.CCCN(CCCC(C)CC)c1cncc(-c2cccc(/C=C3\SC(=O)NC3=O)c2)n1. The van der Waals surface area contributed by atoms with Crippen LogP contribution in [0.4, 0.5) is 10.6 Å². The second kappa shape index (κ2) is 13.8. The highest BCUT2D eigenvalue weighted by molar-refractivity contribution is 8.18. The monoisotopic (exact) mass is 468 g/mol. The topological polar surface area (TPSA) is 75.2 Å².